The Morgan fingerprint density at radius 1 is 0.517 bits per heavy atom. The number of nitrogens with zero attached hydrogens (tertiary/aromatic N) is 2. The van der Waals surface area contributed by atoms with Crippen LogP contribution in [0.4, 0.5) is 11.4 Å². The third-order valence-corrected chi connectivity index (χ3v) is 5.84. The van der Waals surface area contributed by atoms with Gasteiger partial charge in [-0.15, -0.1) is 0 Å². The Balaban J connectivity index is 2.26. The third kappa shape index (κ3) is 4.48. The molecule has 0 radical (unpaired) electrons. The average Bonchev–Trinajstić information content (AvgIpc) is 2.78. The second-order valence-electron chi connectivity index (χ2n) is 7.31. The minimum Gasteiger partial charge on any atom is -0.372 e. The maximum Gasteiger partial charge on any atom is 0.0408 e. The molecule has 2 nitrogen and oxygen atoms in total. The Morgan fingerprint density at radius 2 is 0.897 bits per heavy atom. The van der Waals surface area contributed by atoms with Gasteiger partial charge < -0.3 is 9.80 Å². The van der Waals surface area contributed by atoms with E-state index in [2.05, 4.69) is 116 Å². The fourth-order valence-electron chi connectivity index (χ4n) is 4.34. The van der Waals surface area contributed by atoms with Crippen LogP contribution in [0.5, 0.6) is 0 Å². The molecular weight excluding hydrogens is 352 g/mol. The van der Waals surface area contributed by atoms with Crippen LogP contribution in [-0.4, -0.2) is 26.2 Å². The van der Waals surface area contributed by atoms with Crippen molar-refractivity contribution in [3.05, 3.63) is 95.6 Å². The fourth-order valence-corrected chi connectivity index (χ4v) is 4.34. The molecule has 0 heterocycles. The van der Waals surface area contributed by atoms with Crippen LogP contribution in [-0.2, 0) is 0 Å². The Bertz CT molecular complexity index is 824. The van der Waals surface area contributed by atoms with Crippen LogP contribution >= 0.6 is 0 Å². The number of hydrogen-bond acceptors (Lipinski definition) is 2. The molecule has 0 spiro atoms. The van der Waals surface area contributed by atoms with Gasteiger partial charge in [0.05, 0.1) is 0 Å². The van der Waals surface area contributed by atoms with E-state index < -0.39 is 0 Å². The molecule has 0 amide bonds. The summed E-state index contributed by atoms with van der Waals surface area (Å²) in [5.74, 6) is 0.199. The number of hydrogen-bond donors (Lipinski definition) is 0. The molecule has 0 saturated carbocycles. The molecule has 0 aliphatic carbocycles. The van der Waals surface area contributed by atoms with E-state index in [4.69, 9.17) is 0 Å². The summed E-state index contributed by atoms with van der Waals surface area (Å²) in [4.78, 5) is 4.93. The lowest BCUT2D eigenvalue weighted by molar-refractivity contribution is 0.831. The summed E-state index contributed by atoms with van der Waals surface area (Å²) in [6, 6.07) is 28.8. The van der Waals surface area contributed by atoms with Crippen LogP contribution in [0.2, 0.25) is 0 Å². The summed E-state index contributed by atoms with van der Waals surface area (Å²) in [5, 5.41) is 0. The molecule has 0 aliphatic rings. The van der Waals surface area contributed by atoms with Crippen LogP contribution in [0.25, 0.3) is 0 Å². The highest BCUT2D eigenvalue weighted by Gasteiger charge is 2.24. The van der Waals surface area contributed by atoms with Crippen LogP contribution in [0, 0.1) is 0 Å². The van der Waals surface area contributed by atoms with E-state index in [1.165, 1.54) is 28.1 Å². The number of anilines is 2. The summed E-state index contributed by atoms with van der Waals surface area (Å²) in [6.07, 6.45) is 0. The Morgan fingerprint density at radius 3 is 1.31 bits per heavy atom. The normalized spacial score (nSPS) is 10.9. The lowest BCUT2D eigenvalue weighted by Gasteiger charge is -2.32. The molecule has 3 rings (SSSR count). The molecule has 0 aliphatic heterocycles. The molecule has 0 bridgehead atoms. The van der Waals surface area contributed by atoms with Crippen LogP contribution in [0.3, 0.4) is 0 Å². The molecular formula is C27H34N2. The minimum atomic E-state index is 0.199. The zero-order chi connectivity index (χ0) is 20.6. The molecule has 0 saturated heterocycles. The van der Waals surface area contributed by atoms with Crippen molar-refractivity contribution in [2.45, 2.75) is 33.6 Å². The highest BCUT2D eigenvalue weighted by molar-refractivity contribution is 5.66. The van der Waals surface area contributed by atoms with Gasteiger partial charge in [0.15, 0.2) is 0 Å². The van der Waals surface area contributed by atoms with Gasteiger partial charge in [-0.05, 0) is 56.5 Å². The lowest BCUT2D eigenvalue weighted by Crippen LogP contribution is -2.26. The lowest BCUT2D eigenvalue weighted by atomic mass is 9.83. The van der Waals surface area contributed by atoms with Crippen molar-refractivity contribution in [3.63, 3.8) is 0 Å². The summed E-state index contributed by atoms with van der Waals surface area (Å²) in [7, 11) is 0. The zero-order valence-electron chi connectivity index (χ0n) is 18.3. The molecule has 152 valence electrons. The molecule has 0 fully saturated rings. The fraction of sp³-hybridized carbons (Fsp3) is 0.333. The van der Waals surface area contributed by atoms with Crippen molar-refractivity contribution in [3.8, 4) is 0 Å². The van der Waals surface area contributed by atoms with E-state index >= 15 is 0 Å². The second kappa shape index (κ2) is 10.2. The molecule has 0 N–H and O–H groups in total. The van der Waals surface area contributed by atoms with Crippen LogP contribution < -0.4 is 9.80 Å². The van der Waals surface area contributed by atoms with E-state index in [1.54, 1.807) is 0 Å². The van der Waals surface area contributed by atoms with Crippen molar-refractivity contribution < 1.29 is 0 Å². The van der Waals surface area contributed by atoms with Crippen LogP contribution in [0.1, 0.15) is 50.3 Å². The topological polar surface area (TPSA) is 6.48 Å². The van der Waals surface area contributed by atoms with Crippen molar-refractivity contribution in [1.29, 1.82) is 0 Å². The summed E-state index contributed by atoms with van der Waals surface area (Å²) in [5.41, 5.74) is 6.76. The SMILES string of the molecule is CCN(CC)c1ccccc1C(c1ccccc1)c1ccccc1N(CC)CC. The molecule has 0 atom stereocenters. The van der Waals surface area contributed by atoms with E-state index in [0.29, 0.717) is 0 Å². The predicted molar refractivity (Wildman–Crippen MR) is 127 cm³/mol. The first-order valence-electron chi connectivity index (χ1n) is 11.0. The van der Waals surface area contributed by atoms with Crippen molar-refractivity contribution >= 4 is 11.4 Å². The molecule has 2 heteroatoms. The maximum absolute atomic E-state index is 2.46. The highest BCUT2D eigenvalue weighted by Crippen LogP contribution is 2.41. The summed E-state index contributed by atoms with van der Waals surface area (Å²) >= 11 is 0. The Hall–Kier alpha value is -2.74. The number of benzene rings is 3. The van der Waals surface area contributed by atoms with Gasteiger partial charge >= 0.3 is 0 Å². The van der Waals surface area contributed by atoms with Gasteiger partial charge in [0.25, 0.3) is 0 Å². The number of para-hydroxylation sites is 2. The summed E-state index contributed by atoms with van der Waals surface area (Å²) < 4.78 is 0. The Kier molecular flexibility index (Phi) is 7.35. The van der Waals surface area contributed by atoms with E-state index in [1.807, 2.05) is 0 Å². The first-order chi connectivity index (χ1) is 14.2. The summed E-state index contributed by atoms with van der Waals surface area (Å²) in [6.45, 7) is 13.0. The zero-order valence-corrected chi connectivity index (χ0v) is 18.3. The third-order valence-electron chi connectivity index (χ3n) is 5.84. The average molecular weight is 387 g/mol. The van der Waals surface area contributed by atoms with Crippen molar-refractivity contribution in [2.75, 3.05) is 36.0 Å². The standard InChI is InChI=1S/C27H34N2/c1-5-28(6-2)25-20-14-12-18-23(25)27(22-16-10-9-11-17-22)24-19-13-15-21-26(24)29(7-3)8-4/h9-21,27H,5-8H2,1-4H3. The van der Waals surface area contributed by atoms with E-state index in [-0.39, 0.29) is 5.92 Å². The van der Waals surface area contributed by atoms with E-state index in [9.17, 15) is 0 Å². The minimum absolute atomic E-state index is 0.199. The second-order valence-corrected chi connectivity index (χ2v) is 7.31. The van der Waals surface area contributed by atoms with Gasteiger partial charge in [0.1, 0.15) is 0 Å². The number of rotatable bonds is 9. The van der Waals surface area contributed by atoms with Gasteiger partial charge in [-0.3, -0.25) is 0 Å². The Labute approximate surface area is 176 Å². The quantitative estimate of drug-likeness (QED) is 0.384. The van der Waals surface area contributed by atoms with Gasteiger partial charge in [0, 0.05) is 43.5 Å². The molecule has 29 heavy (non-hydrogen) atoms. The smallest absolute Gasteiger partial charge is 0.0408 e. The van der Waals surface area contributed by atoms with E-state index in [0.717, 1.165) is 26.2 Å². The first kappa shape index (κ1) is 21.0. The van der Waals surface area contributed by atoms with Gasteiger partial charge in [-0.25, -0.2) is 0 Å². The largest absolute Gasteiger partial charge is 0.372 e. The van der Waals surface area contributed by atoms with Gasteiger partial charge in [-0.1, -0.05) is 66.7 Å². The van der Waals surface area contributed by atoms with Crippen LogP contribution in [0.15, 0.2) is 78.9 Å². The monoisotopic (exact) mass is 386 g/mol. The first-order valence-corrected chi connectivity index (χ1v) is 11.0. The molecule has 3 aromatic carbocycles. The van der Waals surface area contributed by atoms with Gasteiger partial charge in [0.2, 0.25) is 0 Å². The van der Waals surface area contributed by atoms with Crippen molar-refractivity contribution in [1.82, 2.24) is 0 Å². The van der Waals surface area contributed by atoms with Crippen molar-refractivity contribution in [2.24, 2.45) is 0 Å². The molecule has 3 aromatic rings. The molecule has 0 unspecified atom stereocenters. The maximum atomic E-state index is 2.46. The van der Waals surface area contributed by atoms with Gasteiger partial charge in [-0.2, -0.15) is 0 Å². The highest BCUT2D eigenvalue weighted by atomic mass is 15.1. The predicted octanol–water partition coefficient (Wildman–Crippen LogP) is 6.56. The molecule has 0 aromatic heterocycles.